The molecule has 3 aromatic carbocycles. The third-order valence-electron chi connectivity index (χ3n) is 4.67. The highest BCUT2D eigenvalue weighted by Gasteiger charge is 2.27. The van der Waals surface area contributed by atoms with Gasteiger partial charge in [0.2, 0.25) is 5.78 Å². The van der Waals surface area contributed by atoms with E-state index in [0.29, 0.717) is 28.6 Å². The molecule has 4 rings (SSSR count). The zero-order valence-electron chi connectivity index (χ0n) is 16.5. The topological polar surface area (TPSA) is 54.0 Å². The minimum atomic E-state index is -0.294. The van der Waals surface area contributed by atoms with Gasteiger partial charge in [-0.2, -0.15) is 0 Å². The summed E-state index contributed by atoms with van der Waals surface area (Å²) in [4.78, 5) is 12.7. The Bertz CT molecular complexity index is 1120. The molecular formula is C24H19FO5. The van der Waals surface area contributed by atoms with Crippen LogP contribution in [-0.2, 0) is 6.61 Å². The van der Waals surface area contributed by atoms with Crippen LogP contribution in [0.4, 0.5) is 4.39 Å². The average molecular weight is 406 g/mol. The van der Waals surface area contributed by atoms with E-state index in [1.165, 1.54) is 12.1 Å². The SMILES string of the molecule is COc1ccc(/C=C2\Oc3cc(OCc4ccc(F)cc4)ccc3C2=O)cc1OC. The lowest BCUT2D eigenvalue weighted by molar-refractivity contribution is 0.101. The lowest BCUT2D eigenvalue weighted by Crippen LogP contribution is -1.98. The predicted molar refractivity (Wildman–Crippen MR) is 110 cm³/mol. The number of benzene rings is 3. The van der Waals surface area contributed by atoms with E-state index in [1.54, 1.807) is 62.8 Å². The number of carbonyl (C=O) groups is 1. The quantitative estimate of drug-likeness (QED) is 0.537. The van der Waals surface area contributed by atoms with Gasteiger partial charge >= 0.3 is 0 Å². The van der Waals surface area contributed by atoms with Gasteiger partial charge in [-0.05, 0) is 53.6 Å². The van der Waals surface area contributed by atoms with Gasteiger partial charge in [-0.1, -0.05) is 18.2 Å². The van der Waals surface area contributed by atoms with Gasteiger partial charge in [-0.3, -0.25) is 4.79 Å². The van der Waals surface area contributed by atoms with Crippen LogP contribution in [0.25, 0.3) is 6.08 Å². The van der Waals surface area contributed by atoms with Gasteiger partial charge < -0.3 is 18.9 Å². The van der Waals surface area contributed by atoms with E-state index in [0.717, 1.165) is 11.1 Å². The van der Waals surface area contributed by atoms with E-state index < -0.39 is 0 Å². The first-order chi connectivity index (χ1) is 14.6. The minimum Gasteiger partial charge on any atom is -0.493 e. The molecule has 0 saturated heterocycles. The zero-order valence-corrected chi connectivity index (χ0v) is 16.5. The molecule has 0 N–H and O–H groups in total. The fraction of sp³-hybridized carbons (Fsp3) is 0.125. The smallest absolute Gasteiger partial charge is 0.231 e. The maximum absolute atomic E-state index is 13.0. The van der Waals surface area contributed by atoms with E-state index in [-0.39, 0.29) is 24.0 Å². The molecule has 3 aromatic rings. The van der Waals surface area contributed by atoms with Crippen molar-refractivity contribution in [2.24, 2.45) is 0 Å². The molecular weight excluding hydrogens is 387 g/mol. The summed E-state index contributed by atoms with van der Waals surface area (Å²) >= 11 is 0. The molecule has 0 fully saturated rings. The largest absolute Gasteiger partial charge is 0.493 e. The number of allylic oxidation sites excluding steroid dienone is 1. The summed E-state index contributed by atoms with van der Waals surface area (Å²) in [5.74, 6) is 1.87. The Morgan fingerprint density at radius 1 is 0.933 bits per heavy atom. The molecule has 30 heavy (non-hydrogen) atoms. The molecule has 0 saturated carbocycles. The second kappa shape index (κ2) is 8.29. The van der Waals surface area contributed by atoms with Crippen molar-refractivity contribution in [3.63, 3.8) is 0 Å². The maximum atomic E-state index is 13.0. The van der Waals surface area contributed by atoms with E-state index in [1.807, 2.05) is 6.07 Å². The van der Waals surface area contributed by atoms with Crippen molar-refractivity contribution < 1.29 is 28.1 Å². The number of ether oxygens (including phenoxy) is 4. The van der Waals surface area contributed by atoms with Crippen LogP contribution in [-0.4, -0.2) is 20.0 Å². The molecule has 6 heteroatoms. The summed E-state index contributed by atoms with van der Waals surface area (Å²) in [6.07, 6.45) is 1.66. The molecule has 0 aromatic heterocycles. The lowest BCUT2D eigenvalue weighted by atomic mass is 10.1. The fourth-order valence-corrected chi connectivity index (χ4v) is 3.10. The number of Topliss-reactive ketones (excluding diaryl/α,β-unsaturated/α-hetero) is 1. The standard InChI is InChI=1S/C24H19FO5/c1-27-20-10-5-16(11-22(20)28-2)12-23-24(26)19-9-8-18(13-21(19)30-23)29-14-15-3-6-17(25)7-4-15/h3-13H,14H2,1-2H3/b23-12-. The Balaban J connectivity index is 1.51. The fourth-order valence-electron chi connectivity index (χ4n) is 3.10. The number of fused-ring (bicyclic) bond motifs is 1. The van der Waals surface area contributed by atoms with Crippen molar-refractivity contribution >= 4 is 11.9 Å². The molecule has 0 aliphatic carbocycles. The van der Waals surface area contributed by atoms with Crippen molar-refractivity contribution in [2.75, 3.05) is 14.2 Å². The van der Waals surface area contributed by atoms with Gasteiger partial charge in [0.1, 0.15) is 23.9 Å². The number of ketones is 1. The van der Waals surface area contributed by atoms with Gasteiger partial charge in [-0.15, -0.1) is 0 Å². The molecule has 0 bridgehead atoms. The van der Waals surface area contributed by atoms with E-state index in [2.05, 4.69) is 0 Å². The van der Waals surface area contributed by atoms with Crippen LogP contribution in [0.15, 0.2) is 66.4 Å². The highest BCUT2D eigenvalue weighted by Crippen LogP contribution is 2.36. The Hall–Kier alpha value is -3.80. The van der Waals surface area contributed by atoms with Crippen LogP contribution in [0, 0.1) is 5.82 Å². The van der Waals surface area contributed by atoms with Crippen molar-refractivity contribution in [1.29, 1.82) is 0 Å². The molecule has 0 unspecified atom stereocenters. The number of carbonyl (C=O) groups excluding carboxylic acids is 1. The molecule has 0 atom stereocenters. The van der Waals surface area contributed by atoms with Crippen LogP contribution in [0.1, 0.15) is 21.5 Å². The predicted octanol–water partition coefficient (Wildman–Crippen LogP) is 5.04. The van der Waals surface area contributed by atoms with E-state index in [9.17, 15) is 9.18 Å². The summed E-state index contributed by atoms with van der Waals surface area (Å²) in [7, 11) is 3.11. The van der Waals surface area contributed by atoms with Crippen molar-refractivity contribution in [3.8, 4) is 23.0 Å². The van der Waals surface area contributed by atoms with Gasteiger partial charge in [0.15, 0.2) is 17.3 Å². The van der Waals surface area contributed by atoms with Crippen molar-refractivity contribution in [2.45, 2.75) is 6.61 Å². The molecule has 0 amide bonds. The highest BCUT2D eigenvalue weighted by molar-refractivity contribution is 6.14. The first-order valence-electron chi connectivity index (χ1n) is 9.25. The average Bonchev–Trinajstić information content (AvgIpc) is 3.07. The molecule has 0 spiro atoms. The first-order valence-corrected chi connectivity index (χ1v) is 9.25. The monoisotopic (exact) mass is 406 g/mol. The number of hydrogen-bond acceptors (Lipinski definition) is 5. The van der Waals surface area contributed by atoms with Gasteiger partial charge in [0, 0.05) is 6.07 Å². The van der Waals surface area contributed by atoms with Gasteiger partial charge in [-0.25, -0.2) is 4.39 Å². The van der Waals surface area contributed by atoms with Gasteiger partial charge in [0.05, 0.1) is 19.8 Å². The number of rotatable bonds is 6. The number of halogens is 1. The van der Waals surface area contributed by atoms with Crippen LogP contribution in [0.2, 0.25) is 0 Å². The Labute approximate surface area is 173 Å². The minimum absolute atomic E-state index is 0.204. The van der Waals surface area contributed by atoms with Crippen molar-refractivity contribution in [3.05, 3.63) is 88.9 Å². The van der Waals surface area contributed by atoms with Crippen LogP contribution in [0.3, 0.4) is 0 Å². The third kappa shape index (κ3) is 3.98. The summed E-state index contributed by atoms with van der Waals surface area (Å²) in [5, 5.41) is 0. The Morgan fingerprint density at radius 3 is 2.43 bits per heavy atom. The Morgan fingerprint density at radius 2 is 1.70 bits per heavy atom. The number of hydrogen-bond donors (Lipinski definition) is 0. The van der Waals surface area contributed by atoms with Crippen molar-refractivity contribution in [1.82, 2.24) is 0 Å². The van der Waals surface area contributed by atoms with Crippen LogP contribution >= 0.6 is 0 Å². The second-order valence-corrected chi connectivity index (χ2v) is 6.63. The van der Waals surface area contributed by atoms with Gasteiger partial charge in [0.25, 0.3) is 0 Å². The summed E-state index contributed by atoms with van der Waals surface area (Å²) < 4.78 is 35.0. The van der Waals surface area contributed by atoms with Crippen LogP contribution in [0.5, 0.6) is 23.0 Å². The molecule has 152 valence electrons. The molecule has 5 nitrogen and oxygen atoms in total. The normalized spacial score (nSPS) is 13.7. The maximum Gasteiger partial charge on any atom is 0.231 e. The molecule has 1 aliphatic heterocycles. The number of methoxy groups -OCH3 is 2. The Kier molecular flexibility index (Phi) is 5.39. The zero-order chi connectivity index (χ0) is 21.1. The van der Waals surface area contributed by atoms with E-state index in [4.69, 9.17) is 18.9 Å². The molecule has 0 radical (unpaired) electrons. The second-order valence-electron chi connectivity index (χ2n) is 6.63. The third-order valence-corrected chi connectivity index (χ3v) is 4.67. The highest BCUT2D eigenvalue weighted by atomic mass is 19.1. The molecule has 1 aliphatic rings. The summed E-state index contributed by atoms with van der Waals surface area (Å²) in [6.45, 7) is 0.279. The first kappa shape index (κ1) is 19.5. The van der Waals surface area contributed by atoms with Crippen LogP contribution < -0.4 is 18.9 Å². The summed E-state index contributed by atoms with van der Waals surface area (Å²) in [5.41, 5.74) is 2.05. The summed E-state index contributed by atoms with van der Waals surface area (Å²) in [6, 6.07) is 16.5. The van der Waals surface area contributed by atoms with E-state index >= 15 is 0 Å². The lowest BCUT2D eigenvalue weighted by Gasteiger charge is -2.08. The molecule has 1 heterocycles.